The molecule has 3 N–H and O–H groups in total. The summed E-state index contributed by atoms with van der Waals surface area (Å²) in [5.41, 5.74) is -1.03. The van der Waals surface area contributed by atoms with Gasteiger partial charge in [-0.15, -0.1) is 0 Å². The van der Waals surface area contributed by atoms with Gasteiger partial charge in [0, 0.05) is 6.04 Å². The van der Waals surface area contributed by atoms with E-state index in [1.165, 1.54) is 18.2 Å². The number of benzene rings is 1. The number of carbonyl (C=O) groups is 1. The van der Waals surface area contributed by atoms with Crippen molar-refractivity contribution in [3.8, 4) is 0 Å². The van der Waals surface area contributed by atoms with E-state index >= 15 is 0 Å². The Hall–Kier alpha value is -1.87. The van der Waals surface area contributed by atoms with Crippen LogP contribution in [0.4, 0.5) is 18.9 Å². The van der Waals surface area contributed by atoms with Gasteiger partial charge in [-0.1, -0.05) is 12.1 Å². The van der Waals surface area contributed by atoms with Gasteiger partial charge in [0.05, 0.1) is 37.4 Å². The second-order valence-corrected chi connectivity index (χ2v) is 7.12. The molecule has 1 amide bonds. The Morgan fingerprint density at radius 2 is 1.88 bits per heavy atom. The molecule has 2 fully saturated rings. The van der Waals surface area contributed by atoms with Crippen LogP contribution in [0.25, 0.3) is 0 Å². The third-order valence-corrected chi connectivity index (χ3v) is 4.96. The molecule has 3 rings (SSSR count). The minimum Gasteiger partial charge on any atom is -0.360 e. The molecule has 1 saturated heterocycles. The van der Waals surface area contributed by atoms with E-state index in [1.807, 2.05) is 0 Å². The lowest BCUT2D eigenvalue weighted by molar-refractivity contribution is -0.895. The van der Waals surface area contributed by atoms with E-state index in [0.717, 1.165) is 55.1 Å². The monoisotopic (exact) mass is 387 g/mol. The number of hydrogen-bond donors (Lipinski definition) is 3. The average molecular weight is 387 g/mol. The highest BCUT2D eigenvalue weighted by Gasteiger charge is 2.34. The molecule has 1 aliphatic heterocycles. The zero-order chi connectivity index (χ0) is 18.7. The van der Waals surface area contributed by atoms with Crippen molar-refractivity contribution >= 4 is 28.9 Å². The van der Waals surface area contributed by atoms with Crippen molar-refractivity contribution in [1.82, 2.24) is 10.2 Å². The summed E-state index contributed by atoms with van der Waals surface area (Å²) in [6, 6.07) is 5.53. The van der Waals surface area contributed by atoms with Gasteiger partial charge in [0.15, 0.2) is 11.7 Å². The molecule has 26 heavy (non-hydrogen) atoms. The molecule has 0 aromatic heterocycles. The van der Waals surface area contributed by atoms with Gasteiger partial charge in [-0.3, -0.25) is 4.79 Å². The number of alkyl halides is 3. The average Bonchev–Trinajstić information content (AvgIpc) is 3.39. The smallest absolute Gasteiger partial charge is 0.360 e. The second kappa shape index (κ2) is 7.79. The Bertz CT molecular complexity index is 670. The number of thiocarbonyl (C=S) groups is 1. The molecule has 1 heterocycles. The first-order chi connectivity index (χ1) is 12.3. The topological polar surface area (TPSA) is 48.8 Å². The Labute approximate surface area is 155 Å². The van der Waals surface area contributed by atoms with Crippen LogP contribution in [0.1, 0.15) is 18.4 Å². The van der Waals surface area contributed by atoms with Crippen LogP contribution in [0.3, 0.4) is 0 Å². The third-order valence-electron chi connectivity index (χ3n) is 4.58. The van der Waals surface area contributed by atoms with Gasteiger partial charge in [0.1, 0.15) is 0 Å². The molecule has 1 aromatic rings. The van der Waals surface area contributed by atoms with Crippen LogP contribution >= 0.6 is 12.2 Å². The summed E-state index contributed by atoms with van der Waals surface area (Å²) in [6.45, 7) is 3.06. The van der Waals surface area contributed by atoms with Gasteiger partial charge in [-0.25, -0.2) is 0 Å². The van der Waals surface area contributed by atoms with Crippen LogP contribution in [0, 0.1) is 0 Å². The summed E-state index contributed by atoms with van der Waals surface area (Å²) >= 11 is 5.37. The molecule has 1 saturated carbocycles. The van der Waals surface area contributed by atoms with E-state index in [9.17, 15) is 18.0 Å². The molecular formula is C17H22F3N4OS+. The number of nitrogens with zero attached hydrogens (tertiary/aromatic N) is 1. The lowest BCUT2D eigenvalue weighted by Crippen LogP contribution is -3.15. The number of quaternary nitrogens is 1. The first-order valence-electron chi connectivity index (χ1n) is 8.68. The SMILES string of the molecule is O=C(C[NH+]1CCN(C(=S)NC2CC2)CC1)Nc1ccccc1C(F)(F)F. The van der Waals surface area contributed by atoms with Crippen LogP contribution in [0.5, 0.6) is 0 Å². The Morgan fingerprint density at radius 3 is 2.50 bits per heavy atom. The van der Waals surface area contributed by atoms with Crippen LogP contribution in [0.15, 0.2) is 24.3 Å². The van der Waals surface area contributed by atoms with Crippen molar-refractivity contribution in [2.45, 2.75) is 25.1 Å². The fourth-order valence-corrected chi connectivity index (χ4v) is 3.31. The molecule has 0 radical (unpaired) electrons. The van der Waals surface area contributed by atoms with Crippen LogP contribution < -0.4 is 15.5 Å². The number of piperazine rings is 1. The molecule has 0 bridgehead atoms. The van der Waals surface area contributed by atoms with Crippen molar-refractivity contribution < 1.29 is 22.9 Å². The van der Waals surface area contributed by atoms with E-state index in [4.69, 9.17) is 12.2 Å². The number of para-hydroxylation sites is 1. The molecular weight excluding hydrogens is 365 g/mol. The molecule has 5 nitrogen and oxygen atoms in total. The van der Waals surface area contributed by atoms with Gasteiger partial charge in [-0.05, 0) is 37.2 Å². The van der Waals surface area contributed by atoms with E-state index in [1.54, 1.807) is 0 Å². The highest BCUT2D eigenvalue weighted by atomic mass is 32.1. The van der Waals surface area contributed by atoms with Gasteiger partial charge in [-0.2, -0.15) is 13.2 Å². The molecule has 0 unspecified atom stereocenters. The number of hydrogen-bond acceptors (Lipinski definition) is 2. The molecule has 142 valence electrons. The number of rotatable bonds is 4. The number of carbonyl (C=O) groups excluding carboxylic acids is 1. The molecule has 9 heteroatoms. The summed E-state index contributed by atoms with van der Waals surface area (Å²) in [6.07, 6.45) is -2.18. The number of anilines is 1. The second-order valence-electron chi connectivity index (χ2n) is 6.73. The summed E-state index contributed by atoms with van der Waals surface area (Å²) in [5, 5.41) is 6.46. The molecule has 0 spiro atoms. The minimum absolute atomic E-state index is 0.142. The lowest BCUT2D eigenvalue weighted by Gasteiger charge is -2.33. The Kier molecular flexibility index (Phi) is 5.67. The fourth-order valence-electron chi connectivity index (χ4n) is 2.96. The van der Waals surface area contributed by atoms with Crippen molar-refractivity contribution in [2.24, 2.45) is 0 Å². The van der Waals surface area contributed by atoms with Crippen molar-refractivity contribution in [2.75, 3.05) is 38.0 Å². The zero-order valence-corrected chi connectivity index (χ0v) is 15.1. The summed E-state index contributed by atoms with van der Waals surface area (Å²) < 4.78 is 39.0. The maximum atomic E-state index is 13.0. The van der Waals surface area contributed by atoms with E-state index in [2.05, 4.69) is 15.5 Å². The van der Waals surface area contributed by atoms with E-state index in [-0.39, 0.29) is 12.2 Å². The first-order valence-corrected chi connectivity index (χ1v) is 9.09. The Balaban J connectivity index is 1.48. The minimum atomic E-state index is -4.49. The largest absolute Gasteiger partial charge is 0.418 e. The van der Waals surface area contributed by atoms with Crippen molar-refractivity contribution in [3.05, 3.63) is 29.8 Å². The zero-order valence-electron chi connectivity index (χ0n) is 14.2. The summed E-state index contributed by atoms with van der Waals surface area (Å²) in [7, 11) is 0. The van der Waals surface area contributed by atoms with Crippen LogP contribution in [-0.2, 0) is 11.0 Å². The van der Waals surface area contributed by atoms with Gasteiger partial charge < -0.3 is 20.4 Å². The predicted molar refractivity (Wildman–Crippen MR) is 96.0 cm³/mol. The maximum absolute atomic E-state index is 13.0. The number of nitrogens with one attached hydrogen (secondary N) is 3. The molecule has 2 aliphatic rings. The highest BCUT2D eigenvalue weighted by molar-refractivity contribution is 7.80. The van der Waals surface area contributed by atoms with Crippen molar-refractivity contribution in [3.63, 3.8) is 0 Å². The highest BCUT2D eigenvalue weighted by Crippen LogP contribution is 2.34. The van der Waals surface area contributed by atoms with E-state index in [0.29, 0.717) is 6.04 Å². The quantitative estimate of drug-likeness (QED) is 0.672. The predicted octanol–water partition coefficient (Wildman–Crippen LogP) is 0.881. The number of amides is 1. The van der Waals surface area contributed by atoms with Gasteiger partial charge >= 0.3 is 6.18 Å². The van der Waals surface area contributed by atoms with E-state index < -0.39 is 17.6 Å². The maximum Gasteiger partial charge on any atom is 0.418 e. The summed E-state index contributed by atoms with van der Waals surface area (Å²) in [5.74, 6) is -0.413. The number of halogens is 3. The van der Waals surface area contributed by atoms with Gasteiger partial charge in [0.25, 0.3) is 5.91 Å². The molecule has 0 atom stereocenters. The lowest BCUT2D eigenvalue weighted by atomic mass is 10.1. The van der Waals surface area contributed by atoms with Crippen LogP contribution in [-0.4, -0.2) is 54.7 Å². The standard InChI is InChI=1S/C17H21F3N4OS/c18-17(19,20)13-3-1-2-4-14(13)22-15(25)11-23-7-9-24(10-8-23)16(26)21-12-5-6-12/h1-4,12H,5-11H2,(H,21,26)(H,22,25)/p+1. The Morgan fingerprint density at radius 1 is 1.23 bits per heavy atom. The van der Waals surface area contributed by atoms with Crippen molar-refractivity contribution in [1.29, 1.82) is 0 Å². The third kappa shape index (κ3) is 5.07. The summed E-state index contributed by atoms with van der Waals surface area (Å²) in [4.78, 5) is 15.3. The fraction of sp³-hybridized carbons (Fsp3) is 0.529. The molecule has 1 aliphatic carbocycles. The first kappa shape index (κ1) is 18.9. The molecule has 1 aromatic carbocycles. The van der Waals surface area contributed by atoms with Gasteiger partial charge in [0.2, 0.25) is 0 Å². The van der Waals surface area contributed by atoms with Crippen LogP contribution in [0.2, 0.25) is 0 Å². The normalized spacial score (nSPS) is 18.5.